The van der Waals surface area contributed by atoms with Crippen LogP contribution in [0.25, 0.3) is 0 Å². The van der Waals surface area contributed by atoms with E-state index in [0.717, 1.165) is 22.8 Å². The molecule has 1 aromatic carbocycles. The van der Waals surface area contributed by atoms with E-state index in [1.54, 1.807) is 6.33 Å². The first-order valence-electron chi connectivity index (χ1n) is 8.64. The third kappa shape index (κ3) is 1.64. The molecular weight excluding hydrogens is 308 g/mol. The molecule has 0 saturated carbocycles. The molecule has 0 fully saturated rings. The predicted octanol–water partition coefficient (Wildman–Crippen LogP) is 4.62. The highest BCUT2D eigenvalue weighted by Crippen LogP contribution is 2.58. The van der Waals surface area contributed by atoms with Gasteiger partial charge in [-0.2, -0.15) is 0 Å². The molecule has 4 heterocycles. The molecule has 2 aliphatic heterocycles. The average molecular weight is 328 g/mol. The summed E-state index contributed by atoms with van der Waals surface area (Å²) in [5.41, 5.74) is 7.88. The van der Waals surface area contributed by atoms with Gasteiger partial charge in [-0.3, -0.25) is 4.98 Å². The van der Waals surface area contributed by atoms with Crippen LogP contribution in [0.4, 0.5) is 17.1 Å². The van der Waals surface area contributed by atoms with Crippen LogP contribution in [-0.2, 0) is 10.8 Å². The highest BCUT2D eigenvalue weighted by molar-refractivity contribution is 5.91. The molecular formula is C21H20N4. The second-order valence-electron chi connectivity index (χ2n) is 7.91. The van der Waals surface area contributed by atoms with Gasteiger partial charge in [-0.05, 0) is 51.0 Å². The molecule has 3 aromatic rings. The number of pyridine rings is 1. The van der Waals surface area contributed by atoms with Crippen LogP contribution in [0, 0.1) is 0 Å². The first kappa shape index (κ1) is 14.6. The monoisotopic (exact) mass is 328 g/mol. The summed E-state index contributed by atoms with van der Waals surface area (Å²) in [7, 11) is 0. The lowest BCUT2D eigenvalue weighted by Gasteiger charge is -2.47. The zero-order valence-corrected chi connectivity index (χ0v) is 14.9. The summed E-state index contributed by atoms with van der Waals surface area (Å²) in [6.07, 6.45) is 5.46. The van der Waals surface area contributed by atoms with Crippen LogP contribution in [0.3, 0.4) is 0 Å². The van der Waals surface area contributed by atoms with E-state index in [4.69, 9.17) is 4.98 Å². The Balaban J connectivity index is 1.97. The number of fused-ring (bicyclic) bond motifs is 4. The fourth-order valence-corrected chi connectivity index (χ4v) is 4.45. The van der Waals surface area contributed by atoms with Crippen LogP contribution >= 0.6 is 0 Å². The average Bonchev–Trinajstić information content (AvgIpc) is 2.61. The van der Waals surface area contributed by atoms with Crippen molar-refractivity contribution < 1.29 is 0 Å². The lowest BCUT2D eigenvalue weighted by atomic mass is 9.69. The molecule has 25 heavy (non-hydrogen) atoms. The highest BCUT2D eigenvalue weighted by Gasteiger charge is 2.46. The van der Waals surface area contributed by atoms with Crippen molar-refractivity contribution in [1.82, 2.24) is 15.0 Å². The fourth-order valence-electron chi connectivity index (χ4n) is 4.45. The van der Waals surface area contributed by atoms with Crippen molar-refractivity contribution in [2.75, 3.05) is 4.90 Å². The Labute approximate surface area is 147 Å². The van der Waals surface area contributed by atoms with Gasteiger partial charge in [-0.25, -0.2) is 9.97 Å². The molecule has 0 atom stereocenters. The third-order valence-corrected chi connectivity index (χ3v) is 5.75. The lowest BCUT2D eigenvalue weighted by molar-refractivity contribution is 0.573. The summed E-state index contributed by atoms with van der Waals surface area (Å²) in [6, 6.07) is 10.8. The van der Waals surface area contributed by atoms with Gasteiger partial charge in [0.05, 0.1) is 34.6 Å². The minimum atomic E-state index is -0.171. The van der Waals surface area contributed by atoms with Crippen molar-refractivity contribution in [2.24, 2.45) is 0 Å². The Kier molecular flexibility index (Phi) is 2.60. The van der Waals surface area contributed by atoms with Crippen molar-refractivity contribution in [3.8, 4) is 0 Å². The maximum Gasteiger partial charge on any atom is 0.115 e. The molecule has 0 radical (unpaired) electrons. The number of para-hydroxylation sites is 1. The molecule has 0 aliphatic carbocycles. The number of aromatic nitrogens is 3. The molecule has 4 nitrogen and oxygen atoms in total. The molecule has 0 bridgehead atoms. The second-order valence-corrected chi connectivity index (χ2v) is 7.91. The zero-order valence-electron chi connectivity index (χ0n) is 14.9. The highest BCUT2D eigenvalue weighted by atomic mass is 15.2. The molecule has 0 spiro atoms. The van der Waals surface area contributed by atoms with Crippen LogP contribution in [0.2, 0.25) is 0 Å². The number of benzene rings is 1. The molecule has 2 aliphatic rings. The molecule has 124 valence electrons. The maximum absolute atomic E-state index is 4.75. The first-order valence-corrected chi connectivity index (χ1v) is 8.64. The third-order valence-electron chi connectivity index (χ3n) is 5.75. The largest absolute Gasteiger partial charge is 0.305 e. The van der Waals surface area contributed by atoms with Gasteiger partial charge in [0.25, 0.3) is 0 Å². The molecule has 5 rings (SSSR count). The minimum Gasteiger partial charge on any atom is -0.305 e. The van der Waals surface area contributed by atoms with Gasteiger partial charge >= 0.3 is 0 Å². The number of nitrogens with zero attached hydrogens (tertiary/aromatic N) is 4. The van der Waals surface area contributed by atoms with Crippen molar-refractivity contribution in [3.05, 3.63) is 71.6 Å². The topological polar surface area (TPSA) is 41.9 Å². The number of anilines is 3. The molecule has 2 aromatic heterocycles. The van der Waals surface area contributed by atoms with E-state index < -0.39 is 0 Å². The number of rotatable bonds is 0. The normalized spacial score (nSPS) is 18.2. The number of hydrogen-bond acceptors (Lipinski definition) is 4. The summed E-state index contributed by atoms with van der Waals surface area (Å²) < 4.78 is 0. The van der Waals surface area contributed by atoms with Gasteiger partial charge < -0.3 is 4.90 Å². The Hall–Kier alpha value is -2.75. The van der Waals surface area contributed by atoms with Gasteiger partial charge in [-0.15, -0.1) is 0 Å². The van der Waals surface area contributed by atoms with E-state index in [9.17, 15) is 0 Å². The Bertz CT molecular complexity index is 942. The summed E-state index contributed by atoms with van der Waals surface area (Å²) in [6.45, 7) is 9.01. The predicted molar refractivity (Wildman–Crippen MR) is 98.8 cm³/mol. The first-order chi connectivity index (χ1) is 11.9. The van der Waals surface area contributed by atoms with E-state index in [2.05, 4.69) is 66.8 Å². The van der Waals surface area contributed by atoms with Gasteiger partial charge in [-0.1, -0.05) is 18.2 Å². The Morgan fingerprint density at radius 2 is 1.48 bits per heavy atom. The van der Waals surface area contributed by atoms with Crippen LogP contribution in [0.5, 0.6) is 0 Å². The van der Waals surface area contributed by atoms with Gasteiger partial charge in [0.2, 0.25) is 0 Å². The van der Waals surface area contributed by atoms with Gasteiger partial charge in [0.15, 0.2) is 0 Å². The Morgan fingerprint density at radius 1 is 0.800 bits per heavy atom. The van der Waals surface area contributed by atoms with E-state index >= 15 is 0 Å². The van der Waals surface area contributed by atoms with E-state index in [1.807, 2.05) is 18.5 Å². The van der Waals surface area contributed by atoms with Crippen molar-refractivity contribution in [3.63, 3.8) is 0 Å². The van der Waals surface area contributed by atoms with E-state index in [1.165, 1.54) is 16.8 Å². The summed E-state index contributed by atoms with van der Waals surface area (Å²) in [5, 5.41) is 0. The van der Waals surface area contributed by atoms with Crippen molar-refractivity contribution in [2.45, 2.75) is 38.5 Å². The SMILES string of the molecule is CC1(C)c2cccc3c2N(c2cccnc21)c1cncnc1C3(C)C. The maximum atomic E-state index is 4.75. The molecule has 0 saturated heterocycles. The molecule has 0 amide bonds. The van der Waals surface area contributed by atoms with Crippen LogP contribution in [-0.4, -0.2) is 15.0 Å². The second kappa shape index (κ2) is 4.45. The zero-order chi connectivity index (χ0) is 17.4. The Morgan fingerprint density at radius 3 is 2.20 bits per heavy atom. The summed E-state index contributed by atoms with van der Waals surface area (Å²) >= 11 is 0. The van der Waals surface area contributed by atoms with Crippen molar-refractivity contribution in [1.29, 1.82) is 0 Å². The summed E-state index contributed by atoms with van der Waals surface area (Å²) in [5.74, 6) is 0. The van der Waals surface area contributed by atoms with E-state index in [-0.39, 0.29) is 10.8 Å². The van der Waals surface area contributed by atoms with Gasteiger partial charge in [0.1, 0.15) is 6.33 Å². The van der Waals surface area contributed by atoms with Gasteiger partial charge in [0, 0.05) is 17.0 Å². The minimum absolute atomic E-state index is 0.151. The van der Waals surface area contributed by atoms with Crippen LogP contribution in [0.1, 0.15) is 50.2 Å². The number of hydrogen-bond donors (Lipinski definition) is 0. The molecule has 0 unspecified atom stereocenters. The van der Waals surface area contributed by atoms with E-state index in [0.29, 0.717) is 0 Å². The van der Waals surface area contributed by atoms with Crippen LogP contribution < -0.4 is 4.90 Å². The fraction of sp³-hybridized carbons (Fsp3) is 0.286. The van der Waals surface area contributed by atoms with Crippen LogP contribution in [0.15, 0.2) is 49.1 Å². The lowest BCUT2D eigenvalue weighted by Crippen LogP contribution is -2.39. The quantitative estimate of drug-likeness (QED) is 0.604. The standard InChI is InChI=1S/C21H20N4/c1-20(2)13-7-5-8-14-17(13)25(15-9-6-10-23-18(15)20)16-11-22-12-24-19(16)21(14,3)4/h5-12H,1-4H3. The molecule has 4 heteroatoms. The summed E-state index contributed by atoms with van der Waals surface area (Å²) in [4.78, 5) is 16.0. The molecule has 0 N–H and O–H groups in total. The van der Waals surface area contributed by atoms with Crippen molar-refractivity contribution >= 4 is 17.1 Å². The smallest absolute Gasteiger partial charge is 0.115 e.